The Balaban J connectivity index is 2.04. The maximum Gasteiger partial charge on any atom is 0.242 e. The van der Waals surface area contributed by atoms with Gasteiger partial charge in [-0.1, -0.05) is 19.1 Å². The number of nitrogens with zero attached hydrogens (tertiary/aromatic N) is 1. The Hall–Kier alpha value is -1.86. The van der Waals surface area contributed by atoms with Crippen LogP contribution in [0.3, 0.4) is 0 Å². The van der Waals surface area contributed by atoms with Crippen LogP contribution < -0.4 is 10.0 Å². The van der Waals surface area contributed by atoms with E-state index in [1.807, 2.05) is 13.0 Å². The summed E-state index contributed by atoms with van der Waals surface area (Å²) < 4.78 is 27.3. The smallest absolute Gasteiger partial charge is 0.242 e. The predicted octanol–water partition coefficient (Wildman–Crippen LogP) is 1.75. The van der Waals surface area contributed by atoms with Gasteiger partial charge in [-0.05, 0) is 18.6 Å². The third kappa shape index (κ3) is 4.30. The Morgan fingerprint density at radius 2 is 2.05 bits per heavy atom. The van der Waals surface area contributed by atoms with Gasteiger partial charge in [-0.25, -0.2) is 18.1 Å². The monoisotopic (exact) mass is 308 g/mol. The average Bonchev–Trinajstić information content (AvgIpc) is 2.98. The molecule has 2 rings (SSSR count). The van der Waals surface area contributed by atoms with Crippen LogP contribution in [0.5, 0.6) is 0 Å². The first-order valence-corrected chi connectivity index (χ1v) is 8.42. The highest BCUT2D eigenvalue weighted by Crippen LogP contribution is 2.20. The van der Waals surface area contributed by atoms with E-state index in [1.165, 1.54) is 0 Å². The van der Waals surface area contributed by atoms with Crippen molar-refractivity contribution in [3.05, 3.63) is 42.5 Å². The molecule has 2 aromatic rings. The van der Waals surface area contributed by atoms with Gasteiger partial charge in [0, 0.05) is 31.9 Å². The zero-order valence-corrected chi connectivity index (χ0v) is 12.8. The summed E-state index contributed by atoms with van der Waals surface area (Å²) >= 11 is 0. The molecular weight excluding hydrogens is 288 g/mol. The van der Waals surface area contributed by atoms with Crippen molar-refractivity contribution < 1.29 is 8.42 Å². The summed E-state index contributed by atoms with van der Waals surface area (Å²) in [6, 6.07) is 6.92. The number of benzene rings is 1. The van der Waals surface area contributed by atoms with Crippen molar-refractivity contribution in [2.45, 2.75) is 24.7 Å². The number of nitrogens with one attached hydrogen (secondary N) is 3. The first-order valence-electron chi connectivity index (χ1n) is 6.94. The highest BCUT2D eigenvalue weighted by Gasteiger charge is 2.17. The maximum absolute atomic E-state index is 12.4. The molecular formula is C14H20N4O2S. The van der Waals surface area contributed by atoms with E-state index >= 15 is 0 Å². The van der Waals surface area contributed by atoms with Crippen molar-refractivity contribution in [2.75, 3.05) is 18.4 Å². The molecule has 1 aromatic heterocycles. The molecule has 6 nitrogen and oxygen atoms in total. The van der Waals surface area contributed by atoms with E-state index in [-0.39, 0.29) is 4.90 Å². The molecule has 0 atom stereocenters. The molecule has 7 heteroatoms. The molecule has 0 saturated carbocycles. The molecule has 0 saturated heterocycles. The van der Waals surface area contributed by atoms with Crippen molar-refractivity contribution in [1.29, 1.82) is 0 Å². The van der Waals surface area contributed by atoms with Crippen LogP contribution in [0, 0.1) is 0 Å². The van der Waals surface area contributed by atoms with Crippen molar-refractivity contribution in [1.82, 2.24) is 14.7 Å². The standard InChI is InChI=1S/C14H20N4O2S/c1-2-8-15-12-5-3-4-6-13(12)21(19,20)18-9-7-14-16-10-11-17-14/h3-6,10-11,15,18H,2,7-9H2,1H3,(H,16,17). The second-order valence-electron chi connectivity index (χ2n) is 4.61. The Labute approximate surface area is 125 Å². The van der Waals surface area contributed by atoms with E-state index < -0.39 is 10.0 Å². The molecule has 1 heterocycles. The lowest BCUT2D eigenvalue weighted by Gasteiger charge is -2.12. The lowest BCUT2D eigenvalue weighted by atomic mass is 10.3. The van der Waals surface area contributed by atoms with Crippen molar-refractivity contribution in [3.8, 4) is 0 Å². The fourth-order valence-corrected chi connectivity index (χ4v) is 3.14. The summed E-state index contributed by atoms with van der Waals surface area (Å²) in [6.07, 6.45) is 4.82. The van der Waals surface area contributed by atoms with E-state index in [0.717, 1.165) is 18.8 Å². The number of aromatic amines is 1. The van der Waals surface area contributed by atoms with Crippen LogP contribution in [0.2, 0.25) is 0 Å². The quantitative estimate of drug-likeness (QED) is 0.693. The van der Waals surface area contributed by atoms with Crippen molar-refractivity contribution >= 4 is 15.7 Å². The largest absolute Gasteiger partial charge is 0.384 e. The van der Waals surface area contributed by atoms with E-state index in [9.17, 15) is 8.42 Å². The van der Waals surface area contributed by atoms with E-state index in [0.29, 0.717) is 18.7 Å². The fourth-order valence-electron chi connectivity index (χ4n) is 1.92. The second-order valence-corrected chi connectivity index (χ2v) is 6.34. The Bertz CT molecular complexity index is 653. The molecule has 114 valence electrons. The van der Waals surface area contributed by atoms with Crippen LogP contribution in [0.15, 0.2) is 41.6 Å². The molecule has 0 unspecified atom stereocenters. The van der Waals surface area contributed by atoms with E-state index in [2.05, 4.69) is 20.0 Å². The number of imidazole rings is 1. The zero-order chi connectivity index (χ0) is 15.1. The van der Waals surface area contributed by atoms with Crippen molar-refractivity contribution in [3.63, 3.8) is 0 Å². The van der Waals surface area contributed by atoms with Crippen LogP contribution >= 0.6 is 0 Å². The first-order chi connectivity index (χ1) is 10.1. The van der Waals surface area contributed by atoms with Crippen LogP contribution in [0.25, 0.3) is 0 Å². The van der Waals surface area contributed by atoms with Gasteiger partial charge in [0.15, 0.2) is 0 Å². The molecule has 0 aliphatic rings. The number of aromatic nitrogens is 2. The van der Waals surface area contributed by atoms with Crippen LogP contribution in [0.1, 0.15) is 19.2 Å². The molecule has 0 aliphatic heterocycles. The number of para-hydroxylation sites is 1. The van der Waals surface area contributed by atoms with Crippen LogP contribution in [-0.4, -0.2) is 31.5 Å². The number of rotatable bonds is 8. The summed E-state index contributed by atoms with van der Waals surface area (Å²) in [5, 5.41) is 3.14. The zero-order valence-electron chi connectivity index (χ0n) is 12.0. The normalized spacial score (nSPS) is 11.5. The third-order valence-corrected chi connectivity index (χ3v) is 4.47. The van der Waals surface area contributed by atoms with Crippen LogP contribution in [0.4, 0.5) is 5.69 Å². The Morgan fingerprint density at radius 1 is 1.24 bits per heavy atom. The number of hydrogen-bond donors (Lipinski definition) is 3. The average molecular weight is 308 g/mol. The summed E-state index contributed by atoms with van der Waals surface area (Å²) in [4.78, 5) is 7.28. The summed E-state index contributed by atoms with van der Waals surface area (Å²) in [5.41, 5.74) is 0.629. The van der Waals surface area contributed by atoms with E-state index in [4.69, 9.17) is 0 Å². The lowest BCUT2D eigenvalue weighted by molar-refractivity contribution is 0.581. The third-order valence-electron chi connectivity index (χ3n) is 2.95. The van der Waals surface area contributed by atoms with Gasteiger partial charge < -0.3 is 10.3 Å². The summed E-state index contributed by atoms with van der Waals surface area (Å²) in [6.45, 7) is 3.07. The van der Waals surface area contributed by atoms with Gasteiger partial charge in [-0.2, -0.15) is 0 Å². The Morgan fingerprint density at radius 3 is 2.76 bits per heavy atom. The SMILES string of the molecule is CCCNc1ccccc1S(=O)(=O)NCCc1ncc[nH]1. The molecule has 0 fully saturated rings. The Kier molecular flexibility index (Phi) is 5.35. The van der Waals surface area contributed by atoms with Gasteiger partial charge in [0.2, 0.25) is 10.0 Å². The highest BCUT2D eigenvalue weighted by molar-refractivity contribution is 7.89. The summed E-state index contributed by atoms with van der Waals surface area (Å²) in [7, 11) is -3.53. The lowest BCUT2D eigenvalue weighted by Crippen LogP contribution is -2.27. The van der Waals surface area contributed by atoms with Crippen molar-refractivity contribution in [2.24, 2.45) is 0 Å². The molecule has 1 aromatic carbocycles. The van der Waals surface area contributed by atoms with Gasteiger partial charge >= 0.3 is 0 Å². The molecule has 0 bridgehead atoms. The predicted molar refractivity (Wildman–Crippen MR) is 82.7 cm³/mol. The second kappa shape index (κ2) is 7.24. The molecule has 0 spiro atoms. The highest BCUT2D eigenvalue weighted by atomic mass is 32.2. The minimum Gasteiger partial charge on any atom is -0.384 e. The number of sulfonamides is 1. The maximum atomic E-state index is 12.4. The molecule has 3 N–H and O–H groups in total. The minimum absolute atomic E-state index is 0.276. The molecule has 21 heavy (non-hydrogen) atoms. The molecule has 0 amide bonds. The minimum atomic E-state index is -3.53. The molecule has 0 aliphatic carbocycles. The van der Waals surface area contributed by atoms with Crippen LogP contribution in [-0.2, 0) is 16.4 Å². The van der Waals surface area contributed by atoms with Gasteiger partial charge in [-0.3, -0.25) is 0 Å². The summed E-state index contributed by atoms with van der Waals surface area (Å²) in [5.74, 6) is 0.759. The topological polar surface area (TPSA) is 86.9 Å². The number of hydrogen-bond acceptors (Lipinski definition) is 4. The number of anilines is 1. The molecule has 0 radical (unpaired) electrons. The van der Waals surface area contributed by atoms with E-state index in [1.54, 1.807) is 30.6 Å². The van der Waals surface area contributed by atoms with Gasteiger partial charge in [0.25, 0.3) is 0 Å². The van der Waals surface area contributed by atoms with Gasteiger partial charge in [0.1, 0.15) is 10.7 Å². The number of H-pyrrole nitrogens is 1. The van der Waals surface area contributed by atoms with Gasteiger partial charge in [-0.15, -0.1) is 0 Å². The van der Waals surface area contributed by atoms with Gasteiger partial charge in [0.05, 0.1) is 5.69 Å². The fraction of sp³-hybridized carbons (Fsp3) is 0.357. The first kappa shape index (κ1) is 15.5.